The summed E-state index contributed by atoms with van der Waals surface area (Å²) in [6.07, 6.45) is 1.96. The van der Waals surface area contributed by atoms with Crippen LogP contribution in [0.2, 0.25) is 0 Å². The van der Waals surface area contributed by atoms with Crippen LogP contribution < -0.4 is 11.1 Å². The van der Waals surface area contributed by atoms with Crippen LogP contribution in [-0.2, 0) is 6.42 Å². The Morgan fingerprint density at radius 3 is 2.44 bits per heavy atom. The zero-order valence-corrected chi connectivity index (χ0v) is 14.6. The van der Waals surface area contributed by atoms with Crippen LogP contribution >= 0.6 is 0 Å². The average molecular weight is 333 g/mol. The van der Waals surface area contributed by atoms with Gasteiger partial charge in [0.2, 0.25) is 11.9 Å². The summed E-state index contributed by atoms with van der Waals surface area (Å²) in [4.78, 5) is 4.37. The van der Waals surface area contributed by atoms with Gasteiger partial charge in [-0.3, -0.25) is 0 Å². The molecular weight excluding hydrogens is 310 g/mol. The standard InChI is InChI=1S/C20H23N5/c1-3-14-6-10-15(11-7-14)17-12-18(16-8-4-13(2)5-9-16)25-20(22-17)23-19(21)24-25/h4-11,17-18H,3,12H2,1-2H3,(H3,21,22,23,24). The maximum atomic E-state index is 5.86. The third-order valence-electron chi connectivity index (χ3n) is 4.96. The van der Waals surface area contributed by atoms with E-state index in [-0.39, 0.29) is 12.1 Å². The first-order valence-corrected chi connectivity index (χ1v) is 8.78. The molecule has 0 saturated heterocycles. The molecule has 5 heteroatoms. The first-order chi connectivity index (χ1) is 12.1. The summed E-state index contributed by atoms with van der Waals surface area (Å²) in [6.45, 7) is 4.27. The Hall–Kier alpha value is -2.82. The second kappa shape index (κ2) is 6.24. The van der Waals surface area contributed by atoms with Crippen molar-refractivity contribution in [2.75, 3.05) is 11.1 Å². The molecule has 0 radical (unpaired) electrons. The number of nitrogens with zero attached hydrogens (tertiary/aromatic N) is 3. The number of benzene rings is 2. The molecule has 0 fully saturated rings. The maximum Gasteiger partial charge on any atom is 0.241 e. The monoisotopic (exact) mass is 333 g/mol. The van der Waals surface area contributed by atoms with E-state index in [1.54, 1.807) is 0 Å². The number of hydrogen-bond donors (Lipinski definition) is 2. The largest absolute Gasteiger partial charge is 0.366 e. The molecule has 128 valence electrons. The van der Waals surface area contributed by atoms with Crippen LogP contribution in [0.5, 0.6) is 0 Å². The molecule has 2 aromatic carbocycles. The molecule has 2 atom stereocenters. The Morgan fingerprint density at radius 2 is 1.76 bits per heavy atom. The van der Waals surface area contributed by atoms with Crippen molar-refractivity contribution in [3.8, 4) is 0 Å². The lowest BCUT2D eigenvalue weighted by Crippen LogP contribution is -2.28. The van der Waals surface area contributed by atoms with E-state index < -0.39 is 0 Å². The number of fused-ring (bicyclic) bond motifs is 1. The zero-order chi connectivity index (χ0) is 17.4. The lowest BCUT2D eigenvalue weighted by molar-refractivity contribution is 0.431. The van der Waals surface area contributed by atoms with Gasteiger partial charge in [-0.05, 0) is 36.5 Å². The minimum absolute atomic E-state index is 0.123. The fourth-order valence-electron chi connectivity index (χ4n) is 3.46. The fraction of sp³-hybridized carbons (Fsp3) is 0.300. The minimum atomic E-state index is 0.123. The molecule has 5 nitrogen and oxygen atoms in total. The zero-order valence-electron chi connectivity index (χ0n) is 14.6. The first kappa shape index (κ1) is 15.7. The second-order valence-electron chi connectivity index (χ2n) is 6.69. The smallest absolute Gasteiger partial charge is 0.241 e. The molecule has 0 bridgehead atoms. The van der Waals surface area contributed by atoms with Crippen molar-refractivity contribution in [1.82, 2.24) is 14.8 Å². The van der Waals surface area contributed by atoms with Crippen LogP contribution in [0.3, 0.4) is 0 Å². The van der Waals surface area contributed by atoms with Gasteiger partial charge in [0.25, 0.3) is 0 Å². The van der Waals surface area contributed by atoms with Gasteiger partial charge in [-0.15, -0.1) is 5.10 Å². The number of nitrogens with one attached hydrogen (secondary N) is 1. The number of hydrogen-bond acceptors (Lipinski definition) is 4. The quantitative estimate of drug-likeness (QED) is 0.763. The fourth-order valence-corrected chi connectivity index (χ4v) is 3.46. The van der Waals surface area contributed by atoms with Crippen molar-refractivity contribution < 1.29 is 0 Å². The third kappa shape index (κ3) is 2.97. The van der Waals surface area contributed by atoms with Crippen molar-refractivity contribution in [2.45, 2.75) is 38.8 Å². The molecule has 25 heavy (non-hydrogen) atoms. The SMILES string of the molecule is CCc1ccc(C2CC(c3ccc(C)cc3)n3nc(N)nc3N2)cc1. The molecular formula is C20H23N5. The number of nitrogens with two attached hydrogens (primary N) is 1. The number of aryl methyl sites for hydroxylation is 2. The van der Waals surface area contributed by atoms with Gasteiger partial charge in [-0.2, -0.15) is 4.98 Å². The highest BCUT2D eigenvalue weighted by atomic mass is 15.4. The Kier molecular flexibility index (Phi) is 3.92. The van der Waals surface area contributed by atoms with Gasteiger partial charge in [0.05, 0.1) is 12.1 Å². The highest BCUT2D eigenvalue weighted by molar-refractivity contribution is 5.42. The summed E-state index contributed by atoms with van der Waals surface area (Å²) < 4.78 is 1.91. The summed E-state index contributed by atoms with van der Waals surface area (Å²) in [6, 6.07) is 17.7. The molecule has 4 rings (SSSR count). The van der Waals surface area contributed by atoms with Crippen LogP contribution in [0.1, 0.15) is 47.7 Å². The van der Waals surface area contributed by atoms with Crippen LogP contribution in [0, 0.1) is 6.92 Å². The molecule has 2 heterocycles. The molecule has 1 aliphatic heterocycles. The van der Waals surface area contributed by atoms with Gasteiger partial charge in [0.15, 0.2) is 0 Å². The van der Waals surface area contributed by atoms with Gasteiger partial charge >= 0.3 is 0 Å². The molecule has 2 unspecified atom stereocenters. The summed E-state index contributed by atoms with van der Waals surface area (Å²) >= 11 is 0. The molecule has 3 N–H and O–H groups in total. The highest BCUT2D eigenvalue weighted by Gasteiger charge is 2.30. The van der Waals surface area contributed by atoms with Gasteiger partial charge in [-0.1, -0.05) is 61.0 Å². The van der Waals surface area contributed by atoms with Crippen LogP contribution in [0.25, 0.3) is 0 Å². The maximum absolute atomic E-state index is 5.86. The normalized spacial score (nSPS) is 19.3. The van der Waals surface area contributed by atoms with Gasteiger partial charge in [-0.25, -0.2) is 4.68 Å². The topological polar surface area (TPSA) is 68.8 Å². The summed E-state index contributed by atoms with van der Waals surface area (Å²) in [5.74, 6) is 1.04. The Balaban J connectivity index is 1.71. The summed E-state index contributed by atoms with van der Waals surface area (Å²) in [5.41, 5.74) is 11.0. The van der Waals surface area contributed by atoms with Crippen LogP contribution in [0.4, 0.5) is 11.9 Å². The summed E-state index contributed by atoms with van der Waals surface area (Å²) in [5, 5.41) is 7.90. The molecule has 1 aliphatic rings. The van der Waals surface area contributed by atoms with E-state index in [0.29, 0.717) is 5.95 Å². The van der Waals surface area contributed by atoms with Gasteiger partial charge < -0.3 is 11.1 Å². The van der Waals surface area contributed by atoms with E-state index in [0.717, 1.165) is 18.8 Å². The molecule has 0 amide bonds. The van der Waals surface area contributed by atoms with Gasteiger partial charge in [0.1, 0.15) is 0 Å². The van der Waals surface area contributed by atoms with E-state index in [1.165, 1.54) is 22.3 Å². The van der Waals surface area contributed by atoms with Crippen molar-refractivity contribution in [3.05, 3.63) is 70.8 Å². The number of anilines is 2. The lowest BCUT2D eigenvalue weighted by atomic mass is 9.92. The van der Waals surface area contributed by atoms with Crippen molar-refractivity contribution >= 4 is 11.9 Å². The second-order valence-corrected chi connectivity index (χ2v) is 6.69. The van der Waals surface area contributed by atoms with Crippen molar-refractivity contribution in [1.29, 1.82) is 0 Å². The Bertz CT molecular complexity index is 864. The van der Waals surface area contributed by atoms with E-state index in [4.69, 9.17) is 5.73 Å². The number of aromatic nitrogens is 3. The predicted octanol–water partition coefficient (Wildman–Crippen LogP) is 3.88. The van der Waals surface area contributed by atoms with Crippen molar-refractivity contribution in [2.24, 2.45) is 0 Å². The van der Waals surface area contributed by atoms with Crippen LogP contribution in [-0.4, -0.2) is 14.8 Å². The lowest BCUT2D eigenvalue weighted by Gasteiger charge is -2.31. The highest BCUT2D eigenvalue weighted by Crippen LogP contribution is 2.38. The Morgan fingerprint density at radius 1 is 1.08 bits per heavy atom. The number of nitrogen functional groups attached to an aromatic ring is 1. The molecule has 0 saturated carbocycles. The molecule has 0 aliphatic carbocycles. The molecule has 0 spiro atoms. The molecule has 3 aromatic rings. The third-order valence-corrected chi connectivity index (χ3v) is 4.96. The van der Waals surface area contributed by atoms with Crippen molar-refractivity contribution in [3.63, 3.8) is 0 Å². The van der Waals surface area contributed by atoms with Crippen LogP contribution in [0.15, 0.2) is 48.5 Å². The minimum Gasteiger partial charge on any atom is -0.366 e. The van der Waals surface area contributed by atoms with E-state index in [2.05, 4.69) is 77.8 Å². The first-order valence-electron chi connectivity index (χ1n) is 8.78. The van der Waals surface area contributed by atoms with Gasteiger partial charge in [0, 0.05) is 0 Å². The van der Waals surface area contributed by atoms with E-state index in [1.807, 2.05) is 4.68 Å². The number of rotatable bonds is 3. The average Bonchev–Trinajstić information content (AvgIpc) is 3.02. The Labute approximate surface area is 147 Å². The van der Waals surface area contributed by atoms with E-state index >= 15 is 0 Å². The summed E-state index contributed by atoms with van der Waals surface area (Å²) in [7, 11) is 0. The predicted molar refractivity (Wildman–Crippen MR) is 101 cm³/mol. The van der Waals surface area contributed by atoms with E-state index in [9.17, 15) is 0 Å². The molecule has 1 aromatic heterocycles.